The number of aromatic nitrogens is 2. The number of hydrogen-bond acceptors (Lipinski definition) is 4. The average molecular weight is 316 g/mol. The molecule has 1 aromatic heterocycles. The Labute approximate surface area is 122 Å². The molecular formula is C11H7Cl2N3O4. The molecule has 0 aliphatic heterocycles. The first-order valence-electron chi connectivity index (χ1n) is 5.28. The molecule has 0 unspecified atom stereocenters. The van der Waals surface area contributed by atoms with Crippen LogP contribution in [0.25, 0.3) is 0 Å². The number of hydrogen-bond donors (Lipinski definition) is 1. The molecule has 0 saturated carbocycles. The largest absolute Gasteiger partial charge is 0.476 e. The fourth-order valence-electron chi connectivity index (χ4n) is 1.62. The molecule has 2 aromatic rings. The molecule has 1 heterocycles. The van der Waals surface area contributed by atoms with Gasteiger partial charge in [-0.3, -0.25) is 0 Å². The summed E-state index contributed by atoms with van der Waals surface area (Å²) >= 11 is 11.9. The second-order valence-corrected chi connectivity index (χ2v) is 4.62. The summed E-state index contributed by atoms with van der Waals surface area (Å²) < 4.78 is 0.980. The van der Waals surface area contributed by atoms with E-state index in [1.165, 1.54) is 0 Å². The highest BCUT2D eigenvalue weighted by Crippen LogP contribution is 2.26. The predicted molar refractivity (Wildman–Crippen MR) is 71.4 cm³/mol. The summed E-state index contributed by atoms with van der Waals surface area (Å²) in [5.41, 5.74) is 0.129. The first-order chi connectivity index (χ1) is 9.40. The Hall–Kier alpha value is -2.12. The van der Waals surface area contributed by atoms with Crippen molar-refractivity contribution in [2.45, 2.75) is 6.54 Å². The molecule has 1 aromatic carbocycles. The van der Waals surface area contributed by atoms with Gasteiger partial charge in [-0.25, -0.2) is 4.79 Å². The number of rotatable bonds is 4. The molecule has 0 amide bonds. The molecule has 7 nitrogen and oxygen atoms in total. The molecule has 0 saturated heterocycles. The molecule has 0 spiro atoms. The van der Waals surface area contributed by atoms with E-state index in [0.717, 1.165) is 10.7 Å². The minimum absolute atomic E-state index is 0.0754. The van der Waals surface area contributed by atoms with E-state index in [1.807, 2.05) is 0 Å². The van der Waals surface area contributed by atoms with Crippen LogP contribution in [0.5, 0.6) is 0 Å². The van der Waals surface area contributed by atoms with Gasteiger partial charge < -0.3 is 15.2 Å². The SMILES string of the molecule is O=C(O)c1cc([N+](=O)[O-])nn1Cc1c(Cl)cccc1Cl. The van der Waals surface area contributed by atoms with Gasteiger partial charge in [0, 0.05) is 15.6 Å². The smallest absolute Gasteiger partial charge is 0.390 e. The van der Waals surface area contributed by atoms with Crippen LogP contribution in [0.2, 0.25) is 10.0 Å². The number of aromatic carboxylic acids is 1. The fourth-order valence-corrected chi connectivity index (χ4v) is 2.14. The standard InChI is InChI=1S/C11H7Cl2N3O4/c12-7-2-1-3-8(13)6(7)5-15-9(11(17)18)4-10(14-15)16(19)20/h1-4H,5H2,(H,17,18). The van der Waals surface area contributed by atoms with Crippen molar-refractivity contribution in [3.05, 3.63) is 55.7 Å². The number of carboxylic acid groups (broad SMARTS) is 1. The second-order valence-electron chi connectivity index (χ2n) is 3.81. The minimum atomic E-state index is -1.33. The molecular weight excluding hydrogens is 309 g/mol. The van der Waals surface area contributed by atoms with E-state index >= 15 is 0 Å². The Morgan fingerprint density at radius 3 is 2.50 bits per heavy atom. The van der Waals surface area contributed by atoms with Crippen LogP contribution in [0.15, 0.2) is 24.3 Å². The minimum Gasteiger partial charge on any atom is -0.476 e. The molecule has 104 valence electrons. The van der Waals surface area contributed by atoms with Crippen LogP contribution in [-0.2, 0) is 6.54 Å². The number of nitro groups is 1. The van der Waals surface area contributed by atoms with Crippen LogP contribution in [0, 0.1) is 10.1 Å². The van der Waals surface area contributed by atoms with Crippen molar-refractivity contribution in [2.24, 2.45) is 0 Å². The number of nitrogens with zero attached hydrogens (tertiary/aromatic N) is 3. The number of carboxylic acids is 1. The molecule has 20 heavy (non-hydrogen) atoms. The van der Waals surface area contributed by atoms with Crippen LogP contribution in [0.4, 0.5) is 5.82 Å². The molecule has 1 N–H and O–H groups in total. The summed E-state index contributed by atoms with van der Waals surface area (Å²) in [6.45, 7) is -0.0754. The van der Waals surface area contributed by atoms with Gasteiger partial charge >= 0.3 is 11.8 Å². The van der Waals surface area contributed by atoms with Gasteiger partial charge in [0.05, 0.1) is 17.7 Å². The van der Waals surface area contributed by atoms with E-state index in [-0.39, 0.29) is 12.2 Å². The lowest BCUT2D eigenvalue weighted by molar-refractivity contribution is -0.389. The van der Waals surface area contributed by atoms with Gasteiger partial charge in [0.1, 0.15) is 0 Å². The topological polar surface area (TPSA) is 98.3 Å². The van der Waals surface area contributed by atoms with Crippen LogP contribution >= 0.6 is 23.2 Å². The summed E-state index contributed by atoms with van der Waals surface area (Å²) in [6, 6.07) is 5.69. The summed E-state index contributed by atoms with van der Waals surface area (Å²) in [5.74, 6) is -1.88. The average Bonchev–Trinajstić information content (AvgIpc) is 2.78. The first kappa shape index (κ1) is 14.3. The van der Waals surface area contributed by atoms with Crippen molar-refractivity contribution in [1.82, 2.24) is 9.78 Å². The quantitative estimate of drug-likeness (QED) is 0.691. The summed E-state index contributed by atoms with van der Waals surface area (Å²) in [5, 5.41) is 24.0. The predicted octanol–water partition coefficient (Wildman–Crippen LogP) is 2.84. The zero-order valence-corrected chi connectivity index (χ0v) is 11.3. The first-order valence-corrected chi connectivity index (χ1v) is 6.04. The molecule has 0 fully saturated rings. The van der Waals surface area contributed by atoms with Crippen molar-refractivity contribution in [2.75, 3.05) is 0 Å². The Morgan fingerprint density at radius 1 is 1.40 bits per heavy atom. The monoisotopic (exact) mass is 315 g/mol. The maximum atomic E-state index is 11.1. The molecule has 2 rings (SSSR count). The van der Waals surface area contributed by atoms with Gasteiger partial charge in [0.2, 0.25) is 0 Å². The lowest BCUT2D eigenvalue weighted by Gasteiger charge is -2.05. The molecule has 9 heteroatoms. The lowest BCUT2D eigenvalue weighted by atomic mass is 10.2. The van der Waals surface area contributed by atoms with Gasteiger partial charge in [-0.15, -0.1) is 0 Å². The van der Waals surface area contributed by atoms with E-state index in [2.05, 4.69) is 5.10 Å². The van der Waals surface area contributed by atoms with Gasteiger partial charge in [-0.1, -0.05) is 29.3 Å². The third-order valence-corrected chi connectivity index (χ3v) is 3.25. The molecule has 0 aliphatic carbocycles. The van der Waals surface area contributed by atoms with Gasteiger partial charge in [-0.2, -0.15) is 4.68 Å². The van der Waals surface area contributed by atoms with Gasteiger partial charge in [0.15, 0.2) is 5.69 Å². The van der Waals surface area contributed by atoms with Gasteiger partial charge in [-0.05, 0) is 17.1 Å². The van der Waals surface area contributed by atoms with Crippen LogP contribution < -0.4 is 0 Å². The molecule has 0 aliphatic rings. The maximum Gasteiger partial charge on any atom is 0.390 e. The Balaban J connectivity index is 2.47. The number of benzene rings is 1. The van der Waals surface area contributed by atoms with Crippen molar-refractivity contribution in [3.8, 4) is 0 Å². The van der Waals surface area contributed by atoms with Crippen molar-refractivity contribution in [3.63, 3.8) is 0 Å². The lowest BCUT2D eigenvalue weighted by Crippen LogP contribution is -2.11. The van der Waals surface area contributed by atoms with E-state index in [4.69, 9.17) is 28.3 Å². The van der Waals surface area contributed by atoms with Gasteiger partial charge in [0.25, 0.3) is 0 Å². The Morgan fingerprint density at radius 2 is 2.00 bits per heavy atom. The Bertz CT molecular complexity index is 679. The van der Waals surface area contributed by atoms with E-state index < -0.39 is 16.7 Å². The normalized spacial score (nSPS) is 10.5. The summed E-state index contributed by atoms with van der Waals surface area (Å²) in [7, 11) is 0. The highest BCUT2D eigenvalue weighted by Gasteiger charge is 2.24. The van der Waals surface area contributed by atoms with Crippen LogP contribution in [-0.4, -0.2) is 25.8 Å². The third-order valence-electron chi connectivity index (χ3n) is 2.54. The molecule has 0 radical (unpaired) electrons. The van der Waals surface area contributed by atoms with Crippen LogP contribution in [0.1, 0.15) is 16.1 Å². The van der Waals surface area contributed by atoms with E-state index in [9.17, 15) is 14.9 Å². The highest BCUT2D eigenvalue weighted by atomic mass is 35.5. The number of carbonyl (C=O) groups is 1. The van der Waals surface area contributed by atoms with E-state index in [0.29, 0.717) is 15.6 Å². The molecule has 0 bridgehead atoms. The van der Waals surface area contributed by atoms with Crippen molar-refractivity contribution >= 4 is 35.0 Å². The van der Waals surface area contributed by atoms with Crippen molar-refractivity contribution in [1.29, 1.82) is 0 Å². The molecule has 0 atom stereocenters. The van der Waals surface area contributed by atoms with Crippen LogP contribution in [0.3, 0.4) is 0 Å². The fraction of sp³-hybridized carbons (Fsp3) is 0.0909. The summed E-state index contributed by atoms with van der Waals surface area (Å²) in [6.07, 6.45) is 0. The highest BCUT2D eigenvalue weighted by molar-refractivity contribution is 6.35. The summed E-state index contributed by atoms with van der Waals surface area (Å²) in [4.78, 5) is 21.0. The third kappa shape index (κ3) is 2.73. The number of halogens is 2. The Kier molecular flexibility index (Phi) is 3.91. The van der Waals surface area contributed by atoms with Crippen molar-refractivity contribution < 1.29 is 14.8 Å². The van der Waals surface area contributed by atoms with E-state index in [1.54, 1.807) is 18.2 Å². The zero-order valence-electron chi connectivity index (χ0n) is 9.79. The zero-order chi connectivity index (χ0) is 14.9. The second kappa shape index (κ2) is 5.48. The maximum absolute atomic E-state index is 11.1.